The molecule has 1 rings (SSSR count). The molecule has 0 aliphatic carbocycles. The largest absolute Gasteiger partial charge is 0.379 e. The van der Waals surface area contributed by atoms with Gasteiger partial charge in [0.15, 0.2) is 0 Å². The molecule has 0 bridgehead atoms. The van der Waals surface area contributed by atoms with Crippen LogP contribution in [0.15, 0.2) is 18.2 Å². The van der Waals surface area contributed by atoms with Crippen molar-refractivity contribution in [3.63, 3.8) is 0 Å². The van der Waals surface area contributed by atoms with Crippen LogP contribution in [0.1, 0.15) is 44.7 Å². The van der Waals surface area contributed by atoms with Gasteiger partial charge in [-0.1, -0.05) is 26.3 Å². The molecule has 0 aliphatic heterocycles. The second kappa shape index (κ2) is 8.23. The van der Waals surface area contributed by atoms with Crippen molar-refractivity contribution < 1.29 is 13.5 Å². The van der Waals surface area contributed by atoms with Gasteiger partial charge in [0.05, 0.1) is 12.1 Å². The molecule has 0 radical (unpaired) electrons. The lowest BCUT2D eigenvalue weighted by Crippen LogP contribution is -2.35. The minimum absolute atomic E-state index is 0.0799. The fourth-order valence-electron chi connectivity index (χ4n) is 2.23. The van der Waals surface area contributed by atoms with Gasteiger partial charge in [0, 0.05) is 12.7 Å². The monoisotopic (exact) mass is 271 g/mol. The van der Waals surface area contributed by atoms with E-state index in [9.17, 15) is 8.78 Å². The molecule has 0 aromatic heterocycles. The average Bonchev–Trinajstić information content (AvgIpc) is 2.40. The Morgan fingerprint density at radius 1 is 1.16 bits per heavy atom. The molecule has 1 aromatic rings. The topological polar surface area (TPSA) is 21.3 Å². The van der Waals surface area contributed by atoms with Gasteiger partial charge in [-0.25, -0.2) is 8.78 Å². The van der Waals surface area contributed by atoms with Crippen LogP contribution in [0.2, 0.25) is 0 Å². The van der Waals surface area contributed by atoms with Crippen molar-refractivity contribution in [2.75, 3.05) is 13.7 Å². The zero-order chi connectivity index (χ0) is 14.3. The normalized spacial score (nSPS) is 14.4. The molecule has 0 spiro atoms. The summed E-state index contributed by atoms with van der Waals surface area (Å²) in [6.45, 7) is 4.74. The number of ether oxygens (including phenoxy) is 1. The summed E-state index contributed by atoms with van der Waals surface area (Å²) in [6, 6.07) is 3.51. The summed E-state index contributed by atoms with van der Waals surface area (Å²) in [5.74, 6) is -1.04. The predicted molar refractivity (Wildman–Crippen MR) is 73.1 cm³/mol. The van der Waals surface area contributed by atoms with E-state index in [1.165, 1.54) is 18.2 Å². The summed E-state index contributed by atoms with van der Waals surface area (Å²) in [6.07, 6.45) is 2.32. The first-order valence-corrected chi connectivity index (χ1v) is 6.85. The van der Waals surface area contributed by atoms with E-state index in [1.807, 2.05) is 13.8 Å². The molecule has 0 saturated carbocycles. The van der Waals surface area contributed by atoms with Crippen molar-refractivity contribution in [1.29, 1.82) is 0 Å². The highest BCUT2D eigenvalue weighted by atomic mass is 19.1. The number of hydrogen-bond acceptors (Lipinski definition) is 2. The molecule has 2 nitrogen and oxygen atoms in total. The molecule has 0 aliphatic rings. The smallest absolute Gasteiger partial charge is 0.131 e. The fourth-order valence-corrected chi connectivity index (χ4v) is 2.23. The standard InChI is InChI=1S/C15H23F2NO/c1-4-7-13(19-3)15(18-10-5-2)14-11(16)8-6-9-12(14)17/h6,8-9,13,15,18H,4-5,7,10H2,1-3H3. The molecule has 4 heteroatoms. The third kappa shape index (κ3) is 4.25. The number of halogens is 2. The third-order valence-corrected chi connectivity index (χ3v) is 3.17. The van der Waals surface area contributed by atoms with Gasteiger partial charge in [0.2, 0.25) is 0 Å². The first-order valence-electron chi connectivity index (χ1n) is 6.85. The molecule has 108 valence electrons. The van der Waals surface area contributed by atoms with Crippen LogP contribution >= 0.6 is 0 Å². The molecule has 0 saturated heterocycles. The Morgan fingerprint density at radius 3 is 2.26 bits per heavy atom. The van der Waals surface area contributed by atoms with Crippen molar-refractivity contribution in [1.82, 2.24) is 5.32 Å². The van der Waals surface area contributed by atoms with E-state index in [4.69, 9.17) is 4.74 Å². The van der Waals surface area contributed by atoms with Gasteiger partial charge in [-0.05, 0) is 31.5 Å². The van der Waals surface area contributed by atoms with Crippen LogP contribution in [-0.4, -0.2) is 19.8 Å². The van der Waals surface area contributed by atoms with Gasteiger partial charge in [-0.15, -0.1) is 0 Å². The van der Waals surface area contributed by atoms with Crippen molar-refractivity contribution in [3.8, 4) is 0 Å². The van der Waals surface area contributed by atoms with Crippen molar-refractivity contribution >= 4 is 0 Å². The lowest BCUT2D eigenvalue weighted by molar-refractivity contribution is 0.0582. The summed E-state index contributed by atoms with van der Waals surface area (Å²) in [5, 5.41) is 3.20. The van der Waals surface area contributed by atoms with Gasteiger partial charge in [-0.2, -0.15) is 0 Å². The number of nitrogens with one attached hydrogen (secondary N) is 1. The molecule has 2 atom stereocenters. The Hall–Kier alpha value is -1.00. The second-order valence-corrected chi connectivity index (χ2v) is 4.63. The maximum Gasteiger partial charge on any atom is 0.131 e. The molecule has 1 aromatic carbocycles. The van der Waals surface area contributed by atoms with Crippen LogP contribution in [0, 0.1) is 11.6 Å². The Labute approximate surface area is 114 Å². The number of methoxy groups -OCH3 is 1. The number of benzene rings is 1. The fraction of sp³-hybridized carbons (Fsp3) is 0.600. The molecule has 1 N–H and O–H groups in total. The maximum atomic E-state index is 13.9. The van der Waals surface area contributed by atoms with Crippen molar-refractivity contribution in [3.05, 3.63) is 35.4 Å². The van der Waals surface area contributed by atoms with Crippen LogP contribution in [0.5, 0.6) is 0 Å². The van der Waals surface area contributed by atoms with Gasteiger partial charge in [0.1, 0.15) is 11.6 Å². The predicted octanol–water partition coefficient (Wildman–Crippen LogP) is 3.82. The van der Waals surface area contributed by atoms with E-state index >= 15 is 0 Å². The van der Waals surface area contributed by atoms with Crippen LogP contribution in [0.25, 0.3) is 0 Å². The average molecular weight is 271 g/mol. The molecular weight excluding hydrogens is 248 g/mol. The summed E-state index contributed by atoms with van der Waals surface area (Å²) in [4.78, 5) is 0. The lowest BCUT2D eigenvalue weighted by atomic mass is 9.96. The van der Waals surface area contributed by atoms with Crippen LogP contribution < -0.4 is 5.32 Å². The third-order valence-electron chi connectivity index (χ3n) is 3.17. The second-order valence-electron chi connectivity index (χ2n) is 4.63. The van der Waals surface area contributed by atoms with Crippen molar-refractivity contribution in [2.24, 2.45) is 0 Å². The molecule has 0 heterocycles. The summed E-state index contributed by atoms with van der Waals surface area (Å²) < 4.78 is 33.3. The van der Waals surface area contributed by atoms with Gasteiger partial charge in [0.25, 0.3) is 0 Å². The SMILES string of the molecule is CCCNC(c1c(F)cccc1F)C(CCC)OC. The Morgan fingerprint density at radius 2 is 1.79 bits per heavy atom. The highest BCUT2D eigenvalue weighted by Gasteiger charge is 2.27. The number of rotatable bonds is 8. The highest BCUT2D eigenvalue weighted by molar-refractivity contribution is 5.24. The van der Waals surface area contributed by atoms with E-state index in [0.29, 0.717) is 6.54 Å². The van der Waals surface area contributed by atoms with E-state index in [1.54, 1.807) is 7.11 Å². The summed E-state index contributed by atoms with van der Waals surface area (Å²) >= 11 is 0. The Balaban J connectivity index is 3.07. The van der Waals surface area contributed by atoms with E-state index < -0.39 is 17.7 Å². The van der Waals surface area contributed by atoms with E-state index in [0.717, 1.165) is 19.3 Å². The maximum absolute atomic E-state index is 13.9. The summed E-state index contributed by atoms with van der Waals surface area (Å²) in [7, 11) is 1.58. The minimum Gasteiger partial charge on any atom is -0.379 e. The minimum atomic E-state index is -0.522. The van der Waals surface area contributed by atoms with Gasteiger partial charge >= 0.3 is 0 Å². The number of hydrogen-bond donors (Lipinski definition) is 1. The van der Waals surface area contributed by atoms with Crippen molar-refractivity contribution in [2.45, 2.75) is 45.3 Å². The summed E-state index contributed by atoms with van der Waals surface area (Å²) in [5.41, 5.74) is 0.0799. The molecule has 0 fully saturated rings. The van der Waals surface area contributed by atoms with Gasteiger partial charge < -0.3 is 10.1 Å². The molecule has 0 amide bonds. The lowest BCUT2D eigenvalue weighted by Gasteiger charge is -2.28. The Kier molecular flexibility index (Phi) is 6.95. The highest BCUT2D eigenvalue weighted by Crippen LogP contribution is 2.27. The van der Waals surface area contributed by atoms with Crippen LogP contribution in [0.3, 0.4) is 0 Å². The van der Waals surface area contributed by atoms with E-state index in [2.05, 4.69) is 5.32 Å². The molecular formula is C15H23F2NO. The Bertz CT molecular complexity index is 364. The van der Waals surface area contributed by atoms with Crippen LogP contribution in [0.4, 0.5) is 8.78 Å². The molecule has 19 heavy (non-hydrogen) atoms. The first kappa shape index (κ1) is 16.1. The molecule has 2 unspecified atom stereocenters. The quantitative estimate of drug-likeness (QED) is 0.776. The van der Waals surface area contributed by atoms with E-state index in [-0.39, 0.29) is 11.7 Å². The zero-order valence-electron chi connectivity index (χ0n) is 11.9. The zero-order valence-corrected chi connectivity index (χ0v) is 11.9. The van der Waals surface area contributed by atoms with Gasteiger partial charge in [-0.3, -0.25) is 0 Å². The first-order chi connectivity index (χ1) is 9.15. The van der Waals surface area contributed by atoms with Crippen LogP contribution in [-0.2, 0) is 4.74 Å².